The van der Waals surface area contributed by atoms with Crippen LogP contribution in [0.25, 0.3) is 0 Å². The van der Waals surface area contributed by atoms with Crippen molar-refractivity contribution < 1.29 is 9.18 Å². The second-order valence-electron chi connectivity index (χ2n) is 4.69. The molecular weight excluding hydrogens is 219 g/mol. The number of hydrogen-bond donors (Lipinski definition) is 2. The van der Waals surface area contributed by atoms with Gasteiger partial charge in [-0.25, -0.2) is 4.39 Å². The minimum atomic E-state index is -0.556. The lowest BCUT2D eigenvalue weighted by atomic mass is 10.0. The number of anilines is 1. The molecule has 0 fully saturated rings. The number of carbonyl (C=O) groups is 1. The minimum absolute atomic E-state index is 0.276. The number of carbonyl (C=O) groups excluding carboxylic acids is 1. The predicted octanol–water partition coefficient (Wildman–Crippen LogP) is 2.45. The number of rotatable bonds is 4. The van der Waals surface area contributed by atoms with Crippen molar-refractivity contribution in [3.05, 3.63) is 29.6 Å². The van der Waals surface area contributed by atoms with Gasteiger partial charge >= 0.3 is 0 Å². The van der Waals surface area contributed by atoms with Crippen LogP contribution in [0.2, 0.25) is 0 Å². The van der Waals surface area contributed by atoms with Gasteiger partial charge in [-0.2, -0.15) is 0 Å². The van der Waals surface area contributed by atoms with Crippen molar-refractivity contribution in [2.24, 2.45) is 11.7 Å². The van der Waals surface area contributed by atoms with Gasteiger partial charge in [-0.3, -0.25) is 4.79 Å². The Hall–Kier alpha value is -1.42. The van der Waals surface area contributed by atoms with Crippen LogP contribution in [0.5, 0.6) is 0 Å². The Morgan fingerprint density at radius 3 is 2.65 bits per heavy atom. The van der Waals surface area contributed by atoms with Crippen LogP contribution in [0.1, 0.15) is 25.8 Å². The highest BCUT2D eigenvalue weighted by Crippen LogP contribution is 2.14. The monoisotopic (exact) mass is 238 g/mol. The number of nitrogens with one attached hydrogen (secondary N) is 1. The Labute approximate surface area is 101 Å². The van der Waals surface area contributed by atoms with Gasteiger partial charge in [0.15, 0.2) is 0 Å². The first kappa shape index (κ1) is 13.6. The first-order chi connectivity index (χ1) is 7.90. The molecule has 1 amide bonds. The van der Waals surface area contributed by atoms with Crippen LogP contribution in [0, 0.1) is 18.7 Å². The highest BCUT2D eigenvalue weighted by Gasteiger charge is 2.15. The molecule has 1 rings (SSSR count). The number of amides is 1. The number of nitrogens with two attached hydrogens (primary N) is 1. The smallest absolute Gasteiger partial charge is 0.241 e. The molecule has 0 saturated heterocycles. The third kappa shape index (κ3) is 4.15. The topological polar surface area (TPSA) is 55.1 Å². The second-order valence-corrected chi connectivity index (χ2v) is 4.69. The normalized spacial score (nSPS) is 12.6. The van der Waals surface area contributed by atoms with E-state index in [1.165, 1.54) is 6.07 Å². The Balaban J connectivity index is 2.64. The van der Waals surface area contributed by atoms with Crippen molar-refractivity contribution in [2.45, 2.75) is 33.2 Å². The van der Waals surface area contributed by atoms with Crippen molar-refractivity contribution in [1.29, 1.82) is 0 Å². The Morgan fingerprint density at radius 1 is 1.47 bits per heavy atom. The molecule has 1 atom stereocenters. The second kappa shape index (κ2) is 5.77. The van der Waals surface area contributed by atoms with Gasteiger partial charge in [0, 0.05) is 5.69 Å². The lowest BCUT2D eigenvalue weighted by Gasteiger charge is -2.14. The van der Waals surface area contributed by atoms with E-state index in [-0.39, 0.29) is 11.7 Å². The van der Waals surface area contributed by atoms with Crippen LogP contribution in [0.15, 0.2) is 18.2 Å². The number of hydrogen-bond acceptors (Lipinski definition) is 2. The van der Waals surface area contributed by atoms with Gasteiger partial charge in [0.1, 0.15) is 5.82 Å². The molecule has 3 N–H and O–H groups in total. The quantitative estimate of drug-likeness (QED) is 0.846. The van der Waals surface area contributed by atoms with E-state index in [0.29, 0.717) is 23.6 Å². The summed E-state index contributed by atoms with van der Waals surface area (Å²) in [5, 5.41) is 2.61. The van der Waals surface area contributed by atoms with E-state index in [1.807, 2.05) is 13.8 Å². The molecule has 94 valence electrons. The van der Waals surface area contributed by atoms with E-state index in [0.717, 1.165) is 0 Å². The van der Waals surface area contributed by atoms with E-state index in [2.05, 4.69) is 5.32 Å². The first-order valence-electron chi connectivity index (χ1n) is 5.72. The molecule has 0 aromatic heterocycles. The largest absolute Gasteiger partial charge is 0.325 e. The summed E-state index contributed by atoms with van der Waals surface area (Å²) in [6.45, 7) is 5.67. The molecule has 4 heteroatoms. The zero-order valence-corrected chi connectivity index (χ0v) is 10.5. The molecule has 0 saturated carbocycles. The van der Waals surface area contributed by atoms with E-state index < -0.39 is 6.04 Å². The van der Waals surface area contributed by atoms with Crippen molar-refractivity contribution in [3.63, 3.8) is 0 Å². The minimum Gasteiger partial charge on any atom is -0.325 e. The predicted molar refractivity (Wildman–Crippen MR) is 67.2 cm³/mol. The summed E-state index contributed by atoms with van der Waals surface area (Å²) in [6.07, 6.45) is 0.611. The number of benzene rings is 1. The molecule has 0 aliphatic carbocycles. The van der Waals surface area contributed by atoms with Crippen LogP contribution in [0.3, 0.4) is 0 Å². The lowest BCUT2D eigenvalue weighted by molar-refractivity contribution is -0.117. The first-order valence-corrected chi connectivity index (χ1v) is 5.72. The van der Waals surface area contributed by atoms with E-state index in [9.17, 15) is 9.18 Å². The molecule has 0 heterocycles. The molecule has 1 unspecified atom stereocenters. The molecule has 3 nitrogen and oxygen atoms in total. The summed E-state index contributed by atoms with van der Waals surface area (Å²) in [5.74, 6) is -0.257. The summed E-state index contributed by atoms with van der Waals surface area (Å²) in [4.78, 5) is 11.7. The van der Waals surface area contributed by atoms with Crippen LogP contribution in [0.4, 0.5) is 10.1 Å². The van der Waals surface area contributed by atoms with E-state index >= 15 is 0 Å². The summed E-state index contributed by atoms with van der Waals surface area (Å²) < 4.78 is 13.3. The fourth-order valence-electron chi connectivity index (χ4n) is 1.52. The third-order valence-corrected chi connectivity index (χ3v) is 2.50. The van der Waals surface area contributed by atoms with Crippen LogP contribution in [-0.2, 0) is 4.79 Å². The average Bonchev–Trinajstić information content (AvgIpc) is 2.22. The van der Waals surface area contributed by atoms with Gasteiger partial charge in [-0.15, -0.1) is 0 Å². The standard InChI is InChI=1S/C13H19FN2O/c1-8(2)6-12(15)13(17)16-10-5-4-9(3)11(14)7-10/h4-5,7-8,12H,6,15H2,1-3H3,(H,16,17). The maximum Gasteiger partial charge on any atom is 0.241 e. The lowest BCUT2D eigenvalue weighted by Crippen LogP contribution is -2.36. The fraction of sp³-hybridized carbons (Fsp3) is 0.462. The Bertz CT molecular complexity index is 404. The van der Waals surface area contributed by atoms with Gasteiger partial charge in [-0.05, 0) is 37.0 Å². The summed E-state index contributed by atoms with van der Waals surface area (Å²) >= 11 is 0. The summed E-state index contributed by atoms with van der Waals surface area (Å²) in [7, 11) is 0. The molecule has 1 aromatic carbocycles. The summed E-state index contributed by atoms with van der Waals surface area (Å²) in [5.41, 5.74) is 6.72. The van der Waals surface area contributed by atoms with Crippen LogP contribution < -0.4 is 11.1 Å². The zero-order chi connectivity index (χ0) is 13.0. The van der Waals surface area contributed by atoms with Crippen LogP contribution in [-0.4, -0.2) is 11.9 Å². The molecule has 0 bridgehead atoms. The SMILES string of the molecule is Cc1ccc(NC(=O)C(N)CC(C)C)cc1F. The highest BCUT2D eigenvalue weighted by atomic mass is 19.1. The van der Waals surface area contributed by atoms with Crippen molar-refractivity contribution in [3.8, 4) is 0 Å². The van der Waals surface area contributed by atoms with Gasteiger partial charge in [0.2, 0.25) is 5.91 Å². The molecular formula is C13H19FN2O. The van der Waals surface area contributed by atoms with Gasteiger partial charge in [0.05, 0.1) is 6.04 Å². The van der Waals surface area contributed by atoms with Gasteiger partial charge < -0.3 is 11.1 Å². The molecule has 0 spiro atoms. The Morgan fingerprint density at radius 2 is 2.12 bits per heavy atom. The maximum atomic E-state index is 13.3. The molecule has 1 aromatic rings. The van der Waals surface area contributed by atoms with Crippen molar-refractivity contribution in [1.82, 2.24) is 0 Å². The fourth-order valence-corrected chi connectivity index (χ4v) is 1.52. The maximum absolute atomic E-state index is 13.3. The molecule has 0 aliphatic rings. The number of halogens is 1. The van der Waals surface area contributed by atoms with Crippen molar-refractivity contribution >= 4 is 11.6 Å². The molecule has 0 aliphatic heterocycles. The average molecular weight is 238 g/mol. The Kier molecular flexibility index (Phi) is 4.63. The number of aryl methyl sites for hydroxylation is 1. The van der Waals surface area contributed by atoms with Crippen LogP contribution >= 0.6 is 0 Å². The van der Waals surface area contributed by atoms with Gasteiger partial charge in [0.25, 0.3) is 0 Å². The van der Waals surface area contributed by atoms with E-state index in [4.69, 9.17) is 5.73 Å². The highest BCUT2D eigenvalue weighted by molar-refractivity contribution is 5.94. The molecule has 17 heavy (non-hydrogen) atoms. The molecule has 0 radical (unpaired) electrons. The zero-order valence-electron chi connectivity index (χ0n) is 10.5. The van der Waals surface area contributed by atoms with E-state index in [1.54, 1.807) is 19.1 Å². The van der Waals surface area contributed by atoms with Crippen molar-refractivity contribution in [2.75, 3.05) is 5.32 Å². The van der Waals surface area contributed by atoms with Gasteiger partial charge in [-0.1, -0.05) is 19.9 Å². The third-order valence-electron chi connectivity index (χ3n) is 2.50. The summed E-state index contributed by atoms with van der Waals surface area (Å²) in [6, 6.07) is 4.03.